The van der Waals surface area contributed by atoms with Crippen LogP contribution in [0.4, 0.5) is 0 Å². The van der Waals surface area contributed by atoms with E-state index in [4.69, 9.17) is 9.47 Å². The summed E-state index contributed by atoms with van der Waals surface area (Å²) in [4.78, 5) is 34.4. The van der Waals surface area contributed by atoms with Crippen LogP contribution in [0.1, 0.15) is 48.5 Å². The van der Waals surface area contributed by atoms with Crippen LogP contribution >= 0.6 is 11.3 Å². The molecule has 0 radical (unpaired) electrons. The fraction of sp³-hybridized carbons (Fsp3) is 0.458. The van der Waals surface area contributed by atoms with Crippen LogP contribution < -0.4 is 20.3 Å². The van der Waals surface area contributed by atoms with Crippen LogP contribution in [-0.4, -0.2) is 35.6 Å². The van der Waals surface area contributed by atoms with E-state index >= 15 is 0 Å². The van der Waals surface area contributed by atoms with Crippen LogP contribution in [0, 0.1) is 0 Å². The molecule has 4 rings (SSSR count). The van der Waals surface area contributed by atoms with Gasteiger partial charge in [0.2, 0.25) is 5.91 Å². The molecule has 0 fully saturated rings. The summed E-state index contributed by atoms with van der Waals surface area (Å²) >= 11 is 1.62. The first-order valence-corrected chi connectivity index (χ1v) is 12.1. The molecule has 0 saturated carbocycles. The maximum absolute atomic E-state index is 12.5. The molecule has 32 heavy (non-hydrogen) atoms. The number of ether oxygens (including phenoxy) is 2. The maximum Gasteiger partial charge on any atom is 0.259 e. The van der Waals surface area contributed by atoms with Crippen LogP contribution in [0.2, 0.25) is 0 Å². The van der Waals surface area contributed by atoms with Crippen molar-refractivity contribution in [2.24, 2.45) is 0 Å². The van der Waals surface area contributed by atoms with Gasteiger partial charge >= 0.3 is 0 Å². The summed E-state index contributed by atoms with van der Waals surface area (Å²) in [6, 6.07) is 5.86. The number of nitrogens with one attached hydrogen (secondary N) is 2. The molecular weight excluding hydrogens is 426 g/mol. The van der Waals surface area contributed by atoms with Gasteiger partial charge in [0.1, 0.15) is 10.7 Å². The molecule has 0 aliphatic heterocycles. The fourth-order valence-corrected chi connectivity index (χ4v) is 5.36. The third-order valence-electron chi connectivity index (χ3n) is 5.56. The highest BCUT2D eigenvalue weighted by Gasteiger charge is 2.21. The first-order valence-electron chi connectivity index (χ1n) is 11.3. The molecule has 0 saturated heterocycles. The number of H-pyrrole nitrogens is 1. The Bertz CT molecular complexity index is 1170. The summed E-state index contributed by atoms with van der Waals surface area (Å²) in [7, 11) is 0. The van der Waals surface area contributed by atoms with E-state index < -0.39 is 0 Å². The zero-order valence-electron chi connectivity index (χ0n) is 18.6. The summed E-state index contributed by atoms with van der Waals surface area (Å²) in [5.41, 5.74) is 2.16. The third-order valence-corrected chi connectivity index (χ3v) is 6.74. The minimum absolute atomic E-state index is 0.0580. The van der Waals surface area contributed by atoms with E-state index in [0.29, 0.717) is 38.4 Å². The van der Waals surface area contributed by atoms with Crippen LogP contribution in [0.5, 0.6) is 11.5 Å². The van der Waals surface area contributed by atoms with Crippen LogP contribution in [0.15, 0.2) is 23.0 Å². The van der Waals surface area contributed by atoms with E-state index in [0.717, 1.165) is 46.5 Å². The van der Waals surface area contributed by atoms with Crippen molar-refractivity contribution in [1.29, 1.82) is 0 Å². The van der Waals surface area contributed by atoms with Gasteiger partial charge in [-0.3, -0.25) is 9.59 Å². The minimum Gasteiger partial charge on any atom is -0.490 e. The van der Waals surface area contributed by atoms with Crippen LogP contribution in [0.3, 0.4) is 0 Å². The average molecular weight is 456 g/mol. The quantitative estimate of drug-likeness (QED) is 0.488. The molecule has 3 aromatic rings. The van der Waals surface area contributed by atoms with Crippen molar-refractivity contribution in [2.75, 3.05) is 19.8 Å². The lowest BCUT2D eigenvalue weighted by atomic mass is 10.1. The minimum atomic E-state index is -0.0783. The number of nitrogens with zero attached hydrogens (tertiary/aromatic N) is 1. The zero-order chi connectivity index (χ0) is 22.5. The van der Waals surface area contributed by atoms with Crippen molar-refractivity contribution >= 4 is 27.5 Å². The van der Waals surface area contributed by atoms with E-state index in [2.05, 4.69) is 15.3 Å². The van der Waals surface area contributed by atoms with Gasteiger partial charge in [0.15, 0.2) is 11.5 Å². The number of aromatic nitrogens is 2. The highest BCUT2D eigenvalue weighted by Crippen LogP contribution is 2.34. The number of aromatic amines is 1. The molecule has 7 nitrogen and oxygen atoms in total. The van der Waals surface area contributed by atoms with Gasteiger partial charge in [-0.1, -0.05) is 6.07 Å². The number of carbonyl (C=O) groups excluding carboxylic acids is 1. The van der Waals surface area contributed by atoms with E-state index in [1.807, 2.05) is 32.0 Å². The SMILES string of the molecule is CCOc1ccc(CCNC(=O)CCc2nc3sc4c(c3c(=O)[nH]2)CCC4)cc1OCC. The topological polar surface area (TPSA) is 93.3 Å². The van der Waals surface area contributed by atoms with Gasteiger partial charge in [0.05, 0.1) is 18.6 Å². The fourth-order valence-electron chi connectivity index (χ4n) is 4.08. The number of hydrogen-bond donors (Lipinski definition) is 2. The molecule has 8 heteroatoms. The first kappa shape index (κ1) is 22.3. The van der Waals surface area contributed by atoms with Gasteiger partial charge in [-0.15, -0.1) is 11.3 Å². The third kappa shape index (κ3) is 4.96. The highest BCUT2D eigenvalue weighted by molar-refractivity contribution is 7.18. The number of fused-ring (bicyclic) bond motifs is 3. The molecule has 170 valence electrons. The van der Waals surface area contributed by atoms with Crippen molar-refractivity contribution in [3.05, 3.63) is 50.4 Å². The molecular formula is C24H29N3O4S. The largest absolute Gasteiger partial charge is 0.490 e. The van der Waals surface area contributed by atoms with Crippen molar-refractivity contribution in [2.45, 2.75) is 52.4 Å². The molecule has 1 aromatic carbocycles. The molecule has 2 aromatic heterocycles. The van der Waals surface area contributed by atoms with Crippen molar-refractivity contribution in [3.63, 3.8) is 0 Å². The Balaban J connectivity index is 1.29. The van der Waals surface area contributed by atoms with Gasteiger partial charge in [-0.05, 0) is 62.8 Å². The molecule has 0 spiro atoms. The van der Waals surface area contributed by atoms with Gasteiger partial charge in [0.25, 0.3) is 5.56 Å². The molecule has 0 atom stereocenters. The number of hydrogen-bond acceptors (Lipinski definition) is 6. The smallest absolute Gasteiger partial charge is 0.259 e. The standard InChI is InChI=1S/C24H29N3O4S/c1-3-30-17-9-8-15(14-18(17)31-4-2)12-13-25-21(28)11-10-20-26-23(29)22-16-6-5-7-19(16)32-24(22)27-20/h8-9,14H,3-7,10-13H2,1-2H3,(H,25,28)(H,26,27,29). The summed E-state index contributed by atoms with van der Waals surface area (Å²) in [6.45, 7) is 5.55. The molecule has 0 bridgehead atoms. The van der Waals surface area contributed by atoms with Crippen LogP contribution in [-0.2, 0) is 30.5 Å². The average Bonchev–Trinajstić information content (AvgIpc) is 3.35. The predicted octanol–water partition coefficient (Wildman–Crippen LogP) is 3.56. The van der Waals surface area contributed by atoms with Gasteiger partial charge in [-0.2, -0.15) is 0 Å². The molecule has 1 aliphatic rings. The van der Waals surface area contributed by atoms with E-state index in [1.54, 1.807) is 11.3 Å². The summed E-state index contributed by atoms with van der Waals surface area (Å²) in [5, 5.41) is 3.70. The van der Waals surface area contributed by atoms with Gasteiger partial charge in [0, 0.05) is 24.3 Å². The van der Waals surface area contributed by atoms with E-state index in [1.165, 1.54) is 10.4 Å². The summed E-state index contributed by atoms with van der Waals surface area (Å²) < 4.78 is 11.2. The van der Waals surface area contributed by atoms with Crippen molar-refractivity contribution < 1.29 is 14.3 Å². The highest BCUT2D eigenvalue weighted by atomic mass is 32.1. The molecule has 1 aliphatic carbocycles. The number of thiophene rings is 1. The number of benzene rings is 1. The molecule has 1 amide bonds. The van der Waals surface area contributed by atoms with E-state index in [9.17, 15) is 9.59 Å². The Morgan fingerprint density at radius 2 is 1.97 bits per heavy atom. The lowest BCUT2D eigenvalue weighted by molar-refractivity contribution is -0.121. The lowest BCUT2D eigenvalue weighted by Gasteiger charge is -2.12. The van der Waals surface area contributed by atoms with Crippen LogP contribution in [0.25, 0.3) is 10.2 Å². The molecule has 2 heterocycles. The maximum atomic E-state index is 12.5. The van der Waals surface area contributed by atoms with Gasteiger partial charge in [-0.25, -0.2) is 4.98 Å². The Kier molecular flexibility index (Phi) is 7.09. The second kappa shape index (κ2) is 10.2. The Labute approximate surface area is 191 Å². The van der Waals surface area contributed by atoms with E-state index in [-0.39, 0.29) is 17.9 Å². The number of amides is 1. The Hall–Kier alpha value is -2.87. The summed E-state index contributed by atoms with van der Waals surface area (Å²) in [6.07, 6.45) is 4.50. The summed E-state index contributed by atoms with van der Waals surface area (Å²) in [5.74, 6) is 1.97. The number of aryl methyl sites for hydroxylation is 3. The zero-order valence-corrected chi connectivity index (χ0v) is 19.4. The monoisotopic (exact) mass is 455 g/mol. The normalized spacial score (nSPS) is 12.7. The van der Waals surface area contributed by atoms with Crippen molar-refractivity contribution in [3.8, 4) is 11.5 Å². The lowest BCUT2D eigenvalue weighted by Crippen LogP contribution is -2.26. The van der Waals surface area contributed by atoms with Gasteiger partial charge < -0.3 is 19.8 Å². The number of rotatable bonds is 10. The predicted molar refractivity (Wildman–Crippen MR) is 126 cm³/mol. The van der Waals surface area contributed by atoms with Crippen molar-refractivity contribution in [1.82, 2.24) is 15.3 Å². The Morgan fingerprint density at radius 1 is 1.16 bits per heavy atom. The molecule has 0 unspecified atom stereocenters. The Morgan fingerprint density at radius 3 is 2.78 bits per heavy atom. The first-order chi connectivity index (χ1) is 15.6. The molecule has 2 N–H and O–H groups in total. The number of carbonyl (C=O) groups is 1. The second-order valence-corrected chi connectivity index (χ2v) is 8.88. The second-order valence-electron chi connectivity index (χ2n) is 7.80.